The van der Waals surface area contributed by atoms with Crippen molar-refractivity contribution in [2.75, 3.05) is 6.66 Å². The maximum absolute atomic E-state index is 13.0. The van der Waals surface area contributed by atoms with Crippen molar-refractivity contribution in [3.8, 4) is 0 Å². The zero-order valence-corrected chi connectivity index (χ0v) is 8.76. The smallest absolute Gasteiger partial charge is 0.131 e. The van der Waals surface area contributed by atoms with Crippen LogP contribution >= 0.6 is 17.8 Å². The molecule has 0 bridgehead atoms. The van der Waals surface area contributed by atoms with E-state index in [1.807, 2.05) is 13.0 Å². The van der Waals surface area contributed by atoms with Crippen LogP contribution in [0.5, 0.6) is 0 Å². The first kappa shape index (κ1) is 9.10. The summed E-state index contributed by atoms with van der Waals surface area (Å²) in [6.07, 6.45) is 0. The molecular formula is C8H11FP2. The van der Waals surface area contributed by atoms with E-state index in [2.05, 4.69) is 15.9 Å². The summed E-state index contributed by atoms with van der Waals surface area (Å²) in [6, 6.07) is 3.59. The molecule has 1 aromatic carbocycles. The molecular weight excluding hydrogens is 177 g/mol. The quantitative estimate of drug-likeness (QED) is 0.587. The van der Waals surface area contributed by atoms with E-state index >= 15 is 0 Å². The van der Waals surface area contributed by atoms with Gasteiger partial charge in [0, 0.05) is 5.30 Å². The molecule has 0 aliphatic rings. The number of rotatable bonds is 1. The Morgan fingerprint density at radius 1 is 1.45 bits per heavy atom. The van der Waals surface area contributed by atoms with Crippen LogP contribution in [0.2, 0.25) is 0 Å². The fourth-order valence-corrected chi connectivity index (χ4v) is 2.32. The lowest BCUT2D eigenvalue weighted by Gasteiger charge is -2.04. The van der Waals surface area contributed by atoms with Crippen molar-refractivity contribution in [1.29, 1.82) is 0 Å². The van der Waals surface area contributed by atoms with Gasteiger partial charge in [-0.2, -0.15) is 0 Å². The van der Waals surface area contributed by atoms with Gasteiger partial charge in [-0.15, -0.1) is 9.24 Å². The van der Waals surface area contributed by atoms with Crippen molar-refractivity contribution in [3.05, 3.63) is 23.5 Å². The number of benzene rings is 1. The Morgan fingerprint density at radius 2 is 2.09 bits per heavy atom. The molecule has 2 unspecified atom stereocenters. The van der Waals surface area contributed by atoms with Crippen molar-refractivity contribution in [1.82, 2.24) is 0 Å². The first-order valence-electron chi connectivity index (χ1n) is 3.38. The Hall–Kier alpha value is 0.01000. The Labute approximate surface area is 70.6 Å². The van der Waals surface area contributed by atoms with Crippen molar-refractivity contribution in [2.24, 2.45) is 0 Å². The van der Waals surface area contributed by atoms with Crippen LogP contribution in [-0.2, 0) is 0 Å². The maximum atomic E-state index is 13.0. The summed E-state index contributed by atoms with van der Waals surface area (Å²) in [5.41, 5.74) is 0.998. The SMILES string of the molecule is CPc1cc(C)cc(F)c1P. The normalized spacial score (nSPS) is 11.3. The van der Waals surface area contributed by atoms with Crippen LogP contribution in [0, 0.1) is 12.7 Å². The molecule has 0 amide bonds. The predicted octanol–water partition coefficient (Wildman–Crippen LogP) is 1.57. The van der Waals surface area contributed by atoms with Crippen molar-refractivity contribution in [2.45, 2.75) is 6.92 Å². The third-order valence-corrected chi connectivity index (χ3v) is 3.37. The standard InChI is InChI=1S/C8H11FP2/c1-5-3-6(9)8(10)7(4-5)11-2/h3-4,11H,10H2,1-2H3. The number of aryl methyl sites for hydroxylation is 1. The zero-order chi connectivity index (χ0) is 8.43. The minimum absolute atomic E-state index is 0.112. The topological polar surface area (TPSA) is 0 Å². The van der Waals surface area contributed by atoms with Crippen LogP contribution in [0.25, 0.3) is 0 Å². The molecule has 2 atom stereocenters. The van der Waals surface area contributed by atoms with E-state index in [4.69, 9.17) is 0 Å². The summed E-state index contributed by atoms with van der Waals surface area (Å²) in [5.74, 6) is -0.112. The second-order valence-electron chi connectivity index (χ2n) is 2.46. The molecule has 0 N–H and O–H groups in total. The highest BCUT2D eigenvalue weighted by molar-refractivity contribution is 7.49. The number of hydrogen-bond donors (Lipinski definition) is 0. The van der Waals surface area contributed by atoms with Crippen LogP contribution in [0.15, 0.2) is 12.1 Å². The van der Waals surface area contributed by atoms with Gasteiger partial charge in [-0.25, -0.2) is 4.39 Å². The predicted molar refractivity (Wildman–Crippen MR) is 54.4 cm³/mol. The Kier molecular flexibility index (Phi) is 2.98. The third-order valence-electron chi connectivity index (χ3n) is 1.54. The lowest BCUT2D eigenvalue weighted by molar-refractivity contribution is 0.636. The van der Waals surface area contributed by atoms with Gasteiger partial charge < -0.3 is 0 Å². The number of halogens is 1. The highest BCUT2D eigenvalue weighted by Gasteiger charge is 2.02. The molecule has 0 radical (unpaired) electrons. The summed E-state index contributed by atoms with van der Waals surface area (Å²) in [6.45, 7) is 3.97. The first-order chi connectivity index (χ1) is 5.15. The Bertz CT molecular complexity index is 271. The third kappa shape index (κ3) is 1.98. The fraction of sp³-hybridized carbons (Fsp3) is 0.250. The largest absolute Gasteiger partial charge is 0.206 e. The molecule has 0 aliphatic heterocycles. The van der Waals surface area contributed by atoms with Gasteiger partial charge in [0.05, 0.1) is 0 Å². The Morgan fingerprint density at radius 3 is 2.64 bits per heavy atom. The monoisotopic (exact) mass is 188 g/mol. The molecule has 11 heavy (non-hydrogen) atoms. The molecule has 0 spiro atoms. The summed E-state index contributed by atoms with van der Waals surface area (Å²) in [7, 11) is 3.10. The minimum atomic E-state index is -0.112. The van der Waals surface area contributed by atoms with Crippen LogP contribution < -0.4 is 10.6 Å². The summed E-state index contributed by atoms with van der Waals surface area (Å²) >= 11 is 0. The molecule has 0 saturated carbocycles. The molecule has 1 rings (SSSR count). The van der Waals surface area contributed by atoms with Gasteiger partial charge in [0.2, 0.25) is 0 Å². The van der Waals surface area contributed by atoms with Gasteiger partial charge >= 0.3 is 0 Å². The Balaban J connectivity index is 3.24. The van der Waals surface area contributed by atoms with Crippen LogP contribution in [0.3, 0.4) is 0 Å². The van der Waals surface area contributed by atoms with Gasteiger partial charge in [-0.1, -0.05) is 14.6 Å². The van der Waals surface area contributed by atoms with Gasteiger partial charge in [0.15, 0.2) is 0 Å². The second-order valence-corrected chi connectivity index (χ2v) is 4.07. The van der Waals surface area contributed by atoms with Crippen LogP contribution in [0.1, 0.15) is 5.56 Å². The molecule has 0 aromatic heterocycles. The van der Waals surface area contributed by atoms with Gasteiger partial charge in [0.1, 0.15) is 5.82 Å². The van der Waals surface area contributed by atoms with Crippen LogP contribution in [0.4, 0.5) is 4.39 Å². The average molecular weight is 188 g/mol. The lowest BCUT2D eigenvalue weighted by Crippen LogP contribution is -2.17. The molecule has 60 valence electrons. The molecule has 0 saturated heterocycles. The summed E-state index contributed by atoms with van der Waals surface area (Å²) in [5, 5.41) is 1.82. The minimum Gasteiger partial charge on any atom is -0.206 e. The highest BCUT2D eigenvalue weighted by Crippen LogP contribution is 2.09. The fourth-order valence-electron chi connectivity index (χ4n) is 0.960. The maximum Gasteiger partial charge on any atom is 0.131 e. The van der Waals surface area contributed by atoms with E-state index in [9.17, 15) is 4.39 Å². The van der Waals surface area contributed by atoms with E-state index in [1.165, 1.54) is 0 Å². The lowest BCUT2D eigenvalue weighted by atomic mass is 10.2. The molecule has 3 heteroatoms. The molecule has 0 fully saturated rings. The highest BCUT2D eigenvalue weighted by atomic mass is 31.1. The molecule has 0 heterocycles. The molecule has 0 aliphatic carbocycles. The van der Waals surface area contributed by atoms with Crippen LogP contribution in [-0.4, -0.2) is 6.66 Å². The van der Waals surface area contributed by atoms with E-state index in [0.717, 1.165) is 16.2 Å². The van der Waals surface area contributed by atoms with E-state index in [-0.39, 0.29) is 5.82 Å². The molecule has 0 nitrogen and oxygen atoms in total. The second kappa shape index (κ2) is 3.61. The van der Waals surface area contributed by atoms with Gasteiger partial charge in [-0.3, -0.25) is 0 Å². The van der Waals surface area contributed by atoms with Gasteiger partial charge in [0.25, 0.3) is 0 Å². The zero-order valence-electron chi connectivity index (χ0n) is 6.61. The molecule has 1 aromatic rings. The average Bonchev–Trinajstić information content (AvgIpc) is 1.96. The summed E-state index contributed by atoms with van der Waals surface area (Å²) < 4.78 is 13.0. The van der Waals surface area contributed by atoms with Crippen molar-refractivity contribution < 1.29 is 4.39 Å². The van der Waals surface area contributed by atoms with Crippen molar-refractivity contribution >= 4 is 28.4 Å². The summed E-state index contributed by atoms with van der Waals surface area (Å²) in [4.78, 5) is 0. The first-order valence-corrected chi connectivity index (χ1v) is 5.46. The van der Waals surface area contributed by atoms with E-state index in [0.29, 0.717) is 8.58 Å². The van der Waals surface area contributed by atoms with E-state index in [1.54, 1.807) is 6.07 Å². The van der Waals surface area contributed by atoms with Crippen molar-refractivity contribution in [3.63, 3.8) is 0 Å². The number of hydrogen-bond acceptors (Lipinski definition) is 0. The van der Waals surface area contributed by atoms with E-state index < -0.39 is 0 Å². The van der Waals surface area contributed by atoms with Gasteiger partial charge in [-0.05, 0) is 30.5 Å².